The molecule has 0 radical (unpaired) electrons. The minimum Gasteiger partial charge on any atom is -0.353 e. The molecule has 5 nitrogen and oxygen atoms in total. The molecule has 0 unspecified atom stereocenters. The van der Waals surface area contributed by atoms with Crippen LogP contribution in [0.5, 0.6) is 0 Å². The van der Waals surface area contributed by atoms with Gasteiger partial charge in [0.1, 0.15) is 0 Å². The zero-order chi connectivity index (χ0) is 11.2. The van der Waals surface area contributed by atoms with Crippen molar-refractivity contribution >= 4 is 0 Å². The van der Waals surface area contributed by atoms with Gasteiger partial charge in [0, 0.05) is 31.1 Å². The summed E-state index contributed by atoms with van der Waals surface area (Å²) in [7, 11) is 0. The molecule has 2 N–H and O–H groups in total. The smallest absolute Gasteiger partial charge is 0.157 e. The number of nitrogens with two attached hydrogens (primary N) is 1. The Morgan fingerprint density at radius 2 is 2.19 bits per heavy atom. The van der Waals surface area contributed by atoms with Crippen molar-refractivity contribution in [2.24, 2.45) is 5.73 Å². The van der Waals surface area contributed by atoms with Crippen molar-refractivity contribution in [2.75, 3.05) is 13.2 Å². The molecule has 1 aliphatic heterocycles. The summed E-state index contributed by atoms with van der Waals surface area (Å²) in [5.41, 5.74) is 6.82. The second-order valence-electron chi connectivity index (χ2n) is 3.84. The van der Waals surface area contributed by atoms with Crippen LogP contribution >= 0.6 is 0 Å². The molecule has 2 rings (SSSR count). The van der Waals surface area contributed by atoms with Crippen LogP contribution in [0.1, 0.15) is 31.0 Å². The van der Waals surface area contributed by atoms with Crippen molar-refractivity contribution in [1.29, 1.82) is 0 Å². The van der Waals surface area contributed by atoms with Gasteiger partial charge in [-0.3, -0.25) is 9.97 Å². The minimum atomic E-state index is -0.100. The standard InChI is InChI=1S/C11H17N3O2/c12-9(10-8-13-4-5-14-10)2-3-11-15-6-1-7-16-11/h4-5,8-9,11H,1-3,6-7,12H2/t9-/m0/s1. The van der Waals surface area contributed by atoms with E-state index >= 15 is 0 Å². The lowest BCUT2D eigenvalue weighted by atomic mass is 10.1. The third-order valence-electron chi connectivity index (χ3n) is 2.57. The van der Waals surface area contributed by atoms with Crippen molar-refractivity contribution in [1.82, 2.24) is 9.97 Å². The third kappa shape index (κ3) is 3.23. The Morgan fingerprint density at radius 1 is 1.38 bits per heavy atom. The summed E-state index contributed by atoms with van der Waals surface area (Å²) in [5.74, 6) is 0. The topological polar surface area (TPSA) is 70.3 Å². The quantitative estimate of drug-likeness (QED) is 0.825. The van der Waals surface area contributed by atoms with E-state index in [1.165, 1.54) is 0 Å². The molecular formula is C11H17N3O2. The van der Waals surface area contributed by atoms with Crippen LogP contribution in [0.15, 0.2) is 18.6 Å². The Labute approximate surface area is 95.0 Å². The summed E-state index contributed by atoms with van der Waals surface area (Å²) in [6.45, 7) is 1.57. The number of hydrogen-bond acceptors (Lipinski definition) is 5. The van der Waals surface area contributed by atoms with E-state index in [9.17, 15) is 0 Å². The number of hydrogen-bond donors (Lipinski definition) is 1. The van der Waals surface area contributed by atoms with Crippen LogP contribution in [-0.2, 0) is 9.47 Å². The van der Waals surface area contributed by atoms with E-state index < -0.39 is 0 Å². The van der Waals surface area contributed by atoms with Crippen LogP contribution in [-0.4, -0.2) is 29.5 Å². The first kappa shape index (κ1) is 11.4. The molecule has 1 aromatic rings. The molecule has 5 heteroatoms. The van der Waals surface area contributed by atoms with Gasteiger partial charge in [0.25, 0.3) is 0 Å². The second kappa shape index (κ2) is 5.89. The van der Waals surface area contributed by atoms with Crippen molar-refractivity contribution in [3.8, 4) is 0 Å². The van der Waals surface area contributed by atoms with E-state index in [1.807, 2.05) is 0 Å². The summed E-state index contributed by atoms with van der Waals surface area (Å²) in [6.07, 6.45) is 7.48. The van der Waals surface area contributed by atoms with Gasteiger partial charge < -0.3 is 15.2 Å². The lowest BCUT2D eigenvalue weighted by Gasteiger charge is -2.24. The molecular weight excluding hydrogens is 206 g/mol. The lowest BCUT2D eigenvalue weighted by Crippen LogP contribution is -2.26. The highest BCUT2D eigenvalue weighted by Gasteiger charge is 2.16. The van der Waals surface area contributed by atoms with Crippen molar-refractivity contribution < 1.29 is 9.47 Å². The van der Waals surface area contributed by atoms with Crippen molar-refractivity contribution in [2.45, 2.75) is 31.6 Å². The summed E-state index contributed by atoms with van der Waals surface area (Å²) < 4.78 is 10.9. The Balaban J connectivity index is 1.77. The van der Waals surface area contributed by atoms with Gasteiger partial charge in [0.05, 0.1) is 18.9 Å². The molecule has 88 valence electrons. The first-order chi connectivity index (χ1) is 7.86. The number of rotatable bonds is 4. The maximum Gasteiger partial charge on any atom is 0.157 e. The molecule has 0 saturated carbocycles. The highest BCUT2D eigenvalue weighted by Crippen LogP contribution is 2.17. The first-order valence-electron chi connectivity index (χ1n) is 5.61. The summed E-state index contributed by atoms with van der Waals surface area (Å²) in [6, 6.07) is -0.0946. The van der Waals surface area contributed by atoms with Gasteiger partial charge in [-0.1, -0.05) is 0 Å². The highest BCUT2D eigenvalue weighted by molar-refractivity contribution is 5.00. The molecule has 1 fully saturated rings. The van der Waals surface area contributed by atoms with Crippen LogP contribution in [0.2, 0.25) is 0 Å². The van der Waals surface area contributed by atoms with Crippen LogP contribution in [0.3, 0.4) is 0 Å². The van der Waals surface area contributed by atoms with Gasteiger partial charge >= 0.3 is 0 Å². The van der Waals surface area contributed by atoms with Crippen LogP contribution in [0, 0.1) is 0 Å². The van der Waals surface area contributed by atoms with E-state index in [1.54, 1.807) is 18.6 Å². The molecule has 0 bridgehead atoms. The van der Waals surface area contributed by atoms with E-state index in [-0.39, 0.29) is 12.3 Å². The Morgan fingerprint density at radius 3 is 2.88 bits per heavy atom. The van der Waals surface area contributed by atoms with Crippen LogP contribution in [0.4, 0.5) is 0 Å². The fraction of sp³-hybridized carbons (Fsp3) is 0.636. The molecule has 0 aromatic carbocycles. The van der Waals surface area contributed by atoms with Gasteiger partial charge in [-0.05, 0) is 12.8 Å². The largest absolute Gasteiger partial charge is 0.353 e. The molecule has 2 heterocycles. The Kier molecular flexibility index (Phi) is 4.21. The molecule has 1 aromatic heterocycles. The summed E-state index contributed by atoms with van der Waals surface area (Å²) in [5, 5.41) is 0. The number of nitrogens with zero attached hydrogens (tertiary/aromatic N) is 2. The van der Waals surface area contributed by atoms with E-state index in [2.05, 4.69) is 9.97 Å². The minimum absolute atomic E-state index is 0.0946. The first-order valence-corrected chi connectivity index (χ1v) is 5.61. The number of ether oxygens (including phenoxy) is 2. The zero-order valence-corrected chi connectivity index (χ0v) is 9.21. The van der Waals surface area contributed by atoms with Gasteiger partial charge in [-0.25, -0.2) is 0 Å². The van der Waals surface area contributed by atoms with E-state index in [4.69, 9.17) is 15.2 Å². The molecule has 16 heavy (non-hydrogen) atoms. The maximum absolute atomic E-state index is 6.00. The van der Waals surface area contributed by atoms with Crippen LogP contribution in [0.25, 0.3) is 0 Å². The lowest BCUT2D eigenvalue weighted by molar-refractivity contribution is -0.182. The third-order valence-corrected chi connectivity index (χ3v) is 2.57. The molecule has 0 amide bonds. The van der Waals surface area contributed by atoms with Crippen molar-refractivity contribution in [3.63, 3.8) is 0 Å². The Hall–Kier alpha value is -1.04. The van der Waals surface area contributed by atoms with Gasteiger partial charge in [-0.15, -0.1) is 0 Å². The molecule has 1 atom stereocenters. The maximum atomic E-state index is 6.00. The molecule has 1 saturated heterocycles. The van der Waals surface area contributed by atoms with Crippen molar-refractivity contribution in [3.05, 3.63) is 24.3 Å². The molecule has 1 aliphatic rings. The van der Waals surface area contributed by atoms with E-state index in [0.29, 0.717) is 0 Å². The number of aromatic nitrogens is 2. The predicted molar refractivity (Wildman–Crippen MR) is 58.5 cm³/mol. The van der Waals surface area contributed by atoms with E-state index in [0.717, 1.165) is 38.2 Å². The van der Waals surface area contributed by atoms with Gasteiger partial charge in [-0.2, -0.15) is 0 Å². The fourth-order valence-corrected chi connectivity index (χ4v) is 1.67. The van der Waals surface area contributed by atoms with Gasteiger partial charge in [0.15, 0.2) is 6.29 Å². The average molecular weight is 223 g/mol. The average Bonchev–Trinajstić information content (AvgIpc) is 2.38. The fourth-order valence-electron chi connectivity index (χ4n) is 1.67. The van der Waals surface area contributed by atoms with Crippen LogP contribution < -0.4 is 5.73 Å². The molecule has 0 spiro atoms. The molecule has 0 aliphatic carbocycles. The highest BCUT2D eigenvalue weighted by atomic mass is 16.7. The predicted octanol–water partition coefficient (Wildman–Crippen LogP) is 1.02. The monoisotopic (exact) mass is 223 g/mol. The normalized spacial score (nSPS) is 19.6. The SMILES string of the molecule is N[C@@H](CCC1OCCCO1)c1cnccn1. The Bertz CT molecular complexity index is 301. The summed E-state index contributed by atoms with van der Waals surface area (Å²) in [4.78, 5) is 8.17. The zero-order valence-electron chi connectivity index (χ0n) is 9.21. The van der Waals surface area contributed by atoms with Gasteiger partial charge in [0.2, 0.25) is 0 Å². The summed E-state index contributed by atoms with van der Waals surface area (Å²) >= 11 is 0. The second-order valence-corrected chi connectivity index (χ2v) is 3.84.